The summed E-state index contributed by atoms with van der Waals surface area (Å²) in [5.74, 6) is -3.60. The van der Waals surface area contributed by atoms with Crippen molar-refractivity contribution >= 4 is 29.3 Å². The van der Waals surface area contributed by atoms with E-state index in [1.807, 2.05) is 13.8 Å². The third-order valence-corrected chi connectivity index (χ3v) is 12.1. The van der Waals surface area contributed by atoms with Crippen molar-refractivity contribution in [3.8, 4) is 6.07 Å². The number of amides is 4. The molecule has 1 saturated heterocycles. The Balaban J connectivity index is 1.15. The zero-order chi connectivity index (χ0) is 32.1. The van der Waals surface area contributed by atoms with Gasteiger partial charge in [0.1, 0.15) is 18.1 Å². The van der Waals surface area contributed by atoms with Crippen LogP contribution in [0, 0.1) is 51.8 Å². The van der Waals surface area contributed by atoms with Gasteiger partial charge in [0.25, 0.3) is 0 Å². The molecule has 240 valence electrons. The number of hydrogen-bond acceptors (Lipinski definition) is 5. The molecule has 9 nitrogen and oxygen atoms in total. The molecule has 2 heterocycles. The summed E-state index contributed by atoms with van der Waals surface area (Å²) in [7, 11) is 0. The number of nitrogens with zero attached hydrogens (tertiary/aromatic N) is 2. The highest BCUT2D eigenvalue weighted by molar-refractivity contribution is 6.03. The van der Waals surface area contributed by atoms with Gasteiger partial charge in [-0.3, -0.25) is 19.2 Å². The minimum atomic E-state index is -5.15. The van der Waals surface area contributed by atoms with E-state index in [1.54, 1.807) is 24.3 Å². The number of hydrogen-bond donors (Lipinski definition) is 3. The van der Waals surface area contributed by atoms with Gasteiger partial charge in [-0.2, -0.15) is 18.4 Å². The van der Waals surface area contributed by atoms with Gasteiger partial charge in [0, 0.05) is 17.6 Å². The van der Waals surface area contributed by atoms with E-state index in [-0.39, 0.29) is 36.1 Å². The average Bonchev–Trinajstić information content (AvgIpc) is 3.26. The minimum absolute atomic E-state index is 0.0286. The van der Waals surface area contributed by atoms with Gasteiger partial charge < -0.3 is 20.9 Å². The molecule has 4 bridgehead atoms. The molecular formula is C33H38F3N5O4. The minimum Gasteiger partial charge on any atom is -0.339 e. The second-order valence-electron chi connectivity index (χ2n) is 15.1. The van der Waals surface area contributed by atoms with Crippen LogP contribution in [0.3, 0.4) is 0 Å². The van der Waals surface area contributed by atoms with Gasteiger partial charge >= 0.3 is 12.1 Å². The molecule has 0 spiro atoms. The van der Waals surface area contributed by atoms with E-state index in [9.17, 15) is 37.6 Å². The first-order valence-corrected chi connectivity index (χ1v) is 16.0. The number of rotatable bonds is 7. The fraction of sp³-hybridized carbons (Fsp3) is 0.667. The van der Waals surface area contributed by atoms with Crippen LogP contribution in [0.25, 0.3) is 0 Å². The molecule has 8 rings (SSSR count). The SMILES string of the molecule is CC1(C)[C@@H]2[C@@H](C(=O)N[C@H](C#N)CC3C(=O)Nc4ccccc43)N(C(=O)C(NC(=O)C(F)(F)F)C34CC5CC(CC(C5)C3)C4)C[C@@H]21. The molecule has 2 unspecified atom stereocenters. The number of nitrogens with one attached hydrogen (secondary N) is 3. The Labute approximate surface area is 259 Å². The number of piperidine rings is 1. The van der Waals surface area contributed by atoms with E-state index in [4.69, 9.17) is 0 Å². The summed E-state index contributed by atoms with van der Waals surface area (Å²) in [5.41, 5.74) is 0.324. The number of alkyl halides is 3. The third kappa shape index (κ3) is 4.88. The van der Waals surface area contributed by atoms with Crippen LogP contribution in [-0.2, 0) is 19.2 Å². The molecule has 7 aliphatic rings. The molecule has 6 fully saturated rings. The molecule has 1 aromatic carbocycles. The molecule has 2 aliphatic heterocycles. The second kappa shape index (κ2) is 10.2. The Morgan fingerprint density at radius 3 is 2.29 bits per heavy atom. The van der Waals surface area contributed by atoms with E-state index in [0.29, 0.717) is 42.7 Å². The summed E-state index contributed by atoms with van der Waals surface area (Å²) in [6.45, 7) is 4.18. The molecule has 4 amide bonds. The van der Waals surface area contributed by atoms with Crippen LogP contribution in [0.4, 0.5) is 18.9 Å². The van der Waals surface area contributed by atoms with Gasteiger partial charge in [0.05, 0.1) is 12.0 Å². The summed E-state index contributed by atoms with van der Waals surface area (Å²) >= 11 is 0. The molecule has 5 aliphatic carbocycles. The summed E-state index contributed by atoms with van der Waals surface area (Å²) in [6, 6.07) is 5.80. The van der Waals surface area contributed by atoms with Gasteiger partial charge in [-0.15, -0.1) is 0 Å². The van der Waals surface area contributed by atoms with Crippen molar-refractivity contribution in [2.24, 2.45) is 40.4 Å². The Hall–Kier alpha value is -3.62. The van der Waals surface area contributed by atoms with Crippen LogP contribution >= 0.6 is 0 Å². The van der Waals surface area contributed by atoms with Crippen LogP contribution in [-0.4, -0.2) is 59.4 Å². The normalized spacial score (nSPS) is 36.3. The highest BCUT2D eigenvalue weighted by Gasteiger charge is 2.70. The molecule has 1 aromatic rings. The van der Waals surface area contributed by atoms with E-state index in [2.05, 4.69) is 22.0 Å². The van der Waals surface area contributed by atoms with Crippen molar-refractivity contribution < 1.29 is 32.3 Å². The lowest BCUT2D eigenvalue weighted by Gasteiger charge is -2.59. The van der Waals surface area contributed by atoms with Crippen molar-refractivity contribution in [2.45, 2.75) is 89.0 Å². The van der Waals surface area contributed by atoms with Crippen LogP contribution < -0.4 is 16.0 Å². The third-order valence-electron chi connectivity index (χ3n) is 12.1. The van der Waals surface area contributed by atoms with E-state index in [1.165, 1.54) is 4.90 Å². The lowest BCUT2D eigenvalue weighted by Crippen LogP contribution is -2.65. The van der Waals surface area contributed by atoms with Crippen molar-refractivity contribution in [3.05, 3.63) is 29.8 Å². The smallest absolute Gasteiger partial charge is 0.339 e. The van der Waals surface area contributed by atoms with Gasteiger partial charge in [-0.1, -0.05) is 32.0 Å². The number of para-hydroxylation sites is 1. The second-order valence-corrected chi connectivity index (χ2v) is 15.1. The van der Waals surface area contributed by atoms with Crippen LogP contribution in [0.15, 0.2) is 24.3 Å². The first-order chi connectivity index (χ1) is 21.2. The number of halogens is 3. The van der Waals surface area contributed by atoms with Gasteiger partial charge in [-0.05, 0) is 91.6 Å². The van der Waals surface area contributed by atoms with Crippen molar-refractivity contribution in [3.63, 3.8) is 0 Å². The fourth-order valence-corrected chi connectivity index (χ4v) is 10.3. The number of carbonyl (C=O) groups is 4. The summed E-state index contributed by atoms with van der Waals surface area (Å²) in [6.07, 6.45) is -0.384. The highest BCUT2D eigenvalue weighted by Crippen LogP contribution is 2.66. The van der Waals surface area contributed by atoms with Gasteiger partial charge in [-0.25, -0.2) is 0 Å². The summed E-state index contributed by atoms with van der Waals surface area (Å²) in [5, 5.41) is 17.7. The maximum atomic E-state index is 14.5. The topological polar surface area (TPSA) is 131 Å². The molecule has 12 heteroatoms. The number of fused-ring (bicyclic) bond motifs is 2. The Bertz CT molecular complexity index is 1470. The molecule has 5 saturated carbocycles. The van der Waals surface area contributed by atoms with Crippen molar-refractivity contribution in [1.29, 1.82) is 5.26 Å². The van der Waals surface area contributed by atoms with E-state index >= 15 is 0 Å². The molecule has 0 radical (unpaired) electrons. The first-order valence-electron chi connectivity index (χ1n) is 16.0. The largest absolute Gasteiger partial charge is 0.471 e. The predicted molar refractivity (Wildman–Crippen MR) is 155 cm³/mol. The van der Waals surface area contributed by atoms with E-state index in [0.717, 1.165) is 24.8 Å². The Morgan fingerprint density at radius 2 is 1.69 bits per heavy atom. The fourth-order valence-electron chi connectivity index (χ4n) is 10.3. The Morgan fingerprint density at radius 1 is 1.07 bits per heavy atom. The quantitative estimate of drug-likeness (QED) is 0.424. The highest BCUT2D eigenvalue weighted by atomic mass is 19.4. The Kier molecular flexibility index (Phi) is 6.81. The molecule has 6 atom stereocenters. The number of benzene rings is 1. The van der Waals surface area contributed by atoms with Gasteiger partial charge in [0.15, 0.2) is 0 Å². The van der Waals surface area contributed by atoms with Gasteiger partial charge in [0.2, 0.25) is 17.7 Å². The molecule has 45 heavy (non-hydrogen) atoms. The molecule has 0 aromatic heterocycles. The van der Waals surface area contributed by atoms with E-state index < -0.39 is 53.4 Å². The maximum absolute atomic E-state index is 14.5. The molecular weight excluding hydrogens is 587 g/mol. The lowest BCUT2D eigenvalue weighted by atomic mass is 9.47. The number of nitriles is 1. The standard InChI is InChI=1S/C33H38F3N5O4/c1-31(2)22-15-41(25(24(22)31)28(43)38-19(14-37)10-21-20-5-3-4-6-23(20)39-27(21)42)29(44)26(40-30(45)33(34,35)36)32-11-16-7-17(12-32)9-18(8-16)13-32/h3-6,16-19,21-22,24-26H,7-13,15H2,1-2H3,(H,38,43)(H,39,42)(H,40,45)/t16?,17?,18?,19-,21?,22-,24-,25-,26?,32?/m0/s1. The number of likely N-dealkylation sites (tertiary alicyclic amines) is 1. The van der Waals surface area contributed by atoms with Crippen molar-refractivity contribution in [1.82, 2.24) is 15.5 Å². The zero-order valence-corrected chi connectivity index (χ0v) is 25.3. The lowest BCUT2D eigenvalue weighted by molar-refractivity contribution is -0.179. The van der Waals surface area contributed by atoms with Crippen molar-refractivity contribution in [2.75, 3.05) is 11.9 Å². The summed E-state index contributed by atoms with van der Waals surface area (Å²) < 4.78 is 40.8. The van der Waals surface area contributed by atoms with Crippen LogP contribution in [0.2, 0.25) is 0 Å². The zero-order valence-electron chi connectivity index (χ0n) is 25.3. The summed E-state index contributed by atoms with van der Waals surface area (Å²) in [4.78, 5) is 54.9. The monoisotopic (exact) mass is 625 g/mol. The number of carbonyl (C=O) groups excluding carboxylic acids is 4. The van der Waals surface area contributed by atoms with Crippen LogP contribution in [0.1, 0.15) is 70.3 Å². The van der Waals surface area contributed by atoms with Crippen LogP contribution in [0.5, 0.6) is 0 Å². The number of anilines is 1. The average molecular weight is 626 g/mol. The molecule has 3 N–H and O–H groups in total. The first kappa shape index (κ1) is 30.1. The predicted octanol–water partition coefficient (Wildman–Crippen LogP) is 3.87. The maximum Gasteiger partial charge on any atom is 0.471 e.